The van der Waals surface area contributed by atoms with Gasteiger partial charge in [-0.2, -0.15) is 5.10 Å². The number of hydrogen-bond donors (Lipinski definition) is 1. The summed E-state index contributed by atoms with van der Waals surface area (Å²) >= 11 is 6.88. The molecule has 1 heterocycles. The molecule has 4 aromatic rings. The molecule has 0 radical (unpaired) electrons. The highest BCUT2D eigenvalue weighted by atomic mass is 79.9. The first-order chi connectivity index (χ1) is 17.3. The monoisotopic (exact) mass is 615 g/mol. The van der Waals surface area contributed by atoms with E-state index < -0.39 is 10.8 Å². The summed E-state index contributed by atoms with van der Waals surface area (Å²) in [6.45, 7) is 2.45. The molecule has 0 aliphatic heterocycles. The molecule has 184 valence electrons. The van der Waals surface area contributed by atoms with Crippen molar-refractivity contribution in [1.29, 1.82) is 0 Å². The number of halogens is 2. The van der Waals surface area contributed by atoms with Gasteiger partial charge in [0.05, 0.1) is 17.7 Å². The summed E-state index contributed by atoms with van der Waals surface area (Å²) in [6.07, 6.45) is 1.48. The largest absolute Gasteiger partial charge is 0.490 e. The standard InChI is InChI=1S/C25H19Br2N3O6/c1-2-34-22-11-17(13-28-29-25(31)24-10-16-9-18(26)5-8-21(16)36-24)20(27)12-23(22)35-14-15-3-6-19(7-4-15)30(32)33/h3-13H,2,14H2,1H3,(H,29,31)/b28-13+. The highest BCUT2D eigenvalue weighted by Crippen LogP contribution is 2.34. The molecule has 4 rings (SSSR count). The molecule has 0 atom stereocenters. The Bertz CT molecular complexity index is 1450. The van der Waals surface area contributed by atoms with Gasteiger partial charge in [0, 0.05) is 32.0 Å². The second kappa shape index (κ2) is 11.4. The smallest absolute Gasteiger partial charge is 0.307 e. The summed E-state index contributed by atoms with van der Waals surface area (Å²) in [4.78, 5) is 22.8. The minimum absolute atomic E-state index is 0.0145. The van der Waals surface area contributed by atoms with Crippen molar-refractivity contribution < 1.29 is 23.6 Å². The Kier molecular flexibility index (Phi) is 8.01. The Morgan fingerprint density at radius 2 is 1.83 bits per heavy atom. The molecular formula is C25H19Br2N3O6. The van der Waals surface area contributed by atoms with Crippen LogP contribution in [0.2, 0.25) is 0 Å². The highest BCUT2D eigenvalue weighted by molar-refractivity contribution is 9.10. The highest BCUT2D eigenvalue weighted by Gasteiger charge is 2.13. The summed E-state index contributed by atoms with van der Waals surface area (Å²) in [6, 6.07) is 16.7. The summed E-state index contributed by atoms with van der Waals surface area (Å²) in [5.41, 5.74) is 4.49. The zero-order valence-electron chi connectivity index (χ0n) is 18.9. The minimum Gasteiger partial charge on any atom is -0.490 e. The Morgan fingerprint density at radius 1 is 1.08 bits per heavy atom. The molecule has 0 fully saturated rings. The number of non-ortho nitro benzene ring substituents is 1. The topological polar surface area (TPSA) is 116 Å². The van der Waals surface area contributed by atoms with E-state index in [9.17, 15) is 14.9 Å². The molecule has 11 heteroatoms. The number of nitro groups is 1. The summed E-state index contributed by atoms with van der Waals surface area (Å²) in [5, 5.41) is 15.7. The molecule has 1 aromatic heterocycles. The number of hydrogen-bond acceptors (Lipinski definition) is 7. The number of carbonyl (C=O) groups is 1. The van der Waals surface area contributed by atoms with Crippen LogP contribution >= 0.6 is 31.9 Å². The first kappa shape index (κ1) is 25.4. The fourth-order valence-electron chi connectivity index (χ4n) is 3.25. The maximum atomic E-state index is 12.5. The van der Waals surface area contributed by atoms with Crippen LogP contribution < -0.4 is 14.9 Å². The van der Waals surface area contributed by atoms with Gasteiger partial charge in [0.15, 0.2) is 17.3 Å². The van der Waals surface area contributed by atoms with Crippen LogP contribution in [0.1, 0.15) is 28.6 Å². The number of rotatable bonds is 9. The number of ether oxygens (including phenoxy) is 2. The predicted molar refractivity (Wildman–Crippen MR) is 142 cm³/mol. The van der Waals surface area contributed by atoms with E-state index in [4.69, 9.17) is 13.9 Å². The third-order valence-electron chi connectivity index (χ3n) is 4.98. The van der Waals surface area contributed by atoms with Gasteiger partial charge >= 0.3 is 5.91 Å². The Morgan fingerprint density at radius 3 is 2.56 bits per heavy atom. The van der Waals surface area contributed by atoms with Gasteiger partial charge in [0.1, 0.15) is 12.2 Å². The maximum Gasteiger partial charge on any atom is 0.307 e. The number of hydrazone groups is 1. The Hall–Kier alpha value is -3.70. The number of fused-ring (bicyclic) bond motifs is 1. The molecule has 1 N–H and O–H groups in total. The average molecular weight is 617 g/mol. The lowest BCUT2D eigenvalue weighted by molar-refractivity contribution is -0.384. The van der Waals surface area contributed by atoms with Crippen molar-refractivity contribution in [2.75, 3.05) is 6.61 Å². The van der Waals surface area contributed by atoms with Crippen LogP contribution in [0.4, 0.5) is 5.69 Å². The number of furan rings is 1. The van der Waals surface area contributed by atoms with E-state index in [0.29, 0.717) is 33.7 Å². The molecule has 1 amide bonds. The third kappa shape index (κ3) is 6.10. The molecule has 0 spiro atoms. The van der Waals surface area contributed by atoms with Crippen LogP contribution in [0, 0.1) is 10.1 Å². The third-order valence-corrected chi connectivity index (χ3v) is 6.16. The predicted octanol–water partition coefficient (Wildman–Crippen LogP) is 6.61. The van der Waals surface area contributed by atoms with Gasteiger partial charge in [-0.05, 0) is 76.9 Å². The lowest BCUT2D eigenvalue weighted by atomic mass is 10.2. The summed E-state index contributed by atoms with van der Waals surface area (Å²) in [5.74, 6) is 0.627. The SMILES string of the molecule is CCOc1cc(/C=N/NC(=O)c2cc3cc(Br)ccc3o2)c(Br)cc1OCc1ccc([N+](=O)[O-])cc1. The number of nitro benzene ring substituents is 1. The van der Waals surface area contributed by atoms with Crippen molar-refractivity contribution in [2.45, 2.75) is 13.5 Å². The van der Waals surface area contributed by atoms with E-state index in [1.165, 1.54) is 18.3 Å². The summed E-state index contributed by atoms with van der Waals surface area (Å²) in [7, 11) is 0. The zero-order valence-corrected chi connectivity index (χ0v) is 22.0. The molecule has 0 aliphatic rings. The van der Waals surface area contributed by atoms with Crippen LogP contribution in [-0.2, 0) is 6.61 Å². The number of amides is 1. The molecule has 0 saturated heterocycles. The lowest BCUT2D eigenvalue weighted by Gasteiger charge is -2.14. The van der Waals surface area contributed by atoms with Crippen molar-refractivity contribution in [3.8, 4) is 11.5 Å². The van der Waals surface area contributed by atoms with Crippen molar-refractivity contribution in [2.24, 2.45) is 5.10 Å². The van der Waals surface area contributed by atoms with E-state index >= 15 is 0 Å². The molecule has 36 heavy (non-hydrogen) atoms. The van der Waals surface area contributed by atoms with Crippen molar-refractivity contribution >= 4 is 60.6 Å². The second-order valence-corrected chi connectivity index (χ2v) is 9.23. The first-order valence-electron chi connectivity index (χ1n) is 10.7. The van der Waals surface area contributed by atoms with Crippen molar-refractivity contribution in [3.63, 3.8) is 0 Å². The Labute approximate surface area is 222 Å². The Balaban J connectivity index is 1.45. The van der Waals surface area contributed by atoms with Gasteiger partial charge in [-0.15, -0.1) is 0 Å². The zero-order chi connectivity index (χ0) is 25.7. The number of nitrogens with one attached hydrogen (secondary N) is 1. The molecule has 0 unspecified atom stereocenters. The van der Waals surface area contributed by atoms with E-state index in [1.807, 2.05) is 19.1 Å². The number of nitrogens with zero attached hydrogens (tertiary/aromatic N) is 2. The van der Waals surface area contributed by atoms with E-state index in [1.54, 1.807) is 36.4 Å². The van der Waals surface area contributed by atoms with E-state index in [2.05, 4.69) is 42.4 Å². The van der Waals surface area contributed by atoms with Gasteiger partial charge in [0.25, 0.3) is 5.69 Å². The number of benzene rings is 3. The van der Waals surface area contributed by atoms with Crippen LogP contribution in [0.3, 0.4) is 0 Å². The van der Waals surface area contributed by atoms with Crippen LogP contribution in [0.15, 0.2) is 79.1 Å². The van der Waals surface area contributed by atoms with E-state index in [-0.39, 0.29) is 18.1 Å². The van der Waals surface area contributed by atoms with Gasteiger partial charge in [0.2, 0.25) is 0 Å². The van der Waals surface area contributed by atoms with Crippen molar-refractivity contribution in [3.05, 3.63) is 96.6 Å². The molecule has 0 aliphatic carbocycles. The average Bonchev–Trinajstić information content (AvgIpc) is 3.28. The summed E-state index contributed by atoms with van der Waals surface area (Å²) < 4.78 is 18.7. The second-order valence-electron chi connectivity index (χ2n) is 7.46. The number of carbonyl (C=O) groups excluding carboxylic acids is 1. The molecular weight excluding hydrogens is 598 g/mol. The molecule has 0 bridgehead atoms. The lowest BCUT2D eigenvalue weighted by Crippen LogP contribution is -2.16. The molecule has 0 saturated carbocycles. The molecule has 9 nitrogen and oxygen atoms in total. The maximum absolute atomic E-state index is 12.5. The van der Waals surface area contributed by atoms with Gasteiger partial charge < -0.3 is 13.9 Å². The van der Waals surface area contributed by atoms with E-state index in [0.717, 1.165) is 15.4 Å². The van der Waals surface area contributed by atoms with Gasteiger partial charge in [-0.3, -0.25) is 14.9 Å². The molecule has 3 aromatic carbocycles. The van der Waals surface area contributed by atoms with Crippen LogP contribution in [0.25, 0.3) is 11.0 Å². The van der Waals surface area contributed by atoms with Crippen LogP contribution in [-0.4, -0.2) is 23.7 Å². The van der Waals surface area contributed by atoms with Gasteiger partial charge in [-0.1, -0.05) is 15.9 Å². The van der Waals surface area contributed by atoms with Gasteiger partial charge in [-0.25, -0.2) is 5.43 Å². The minimum atomic E-state index is -0.484. The normalized spacial score (nSPS) is 11.1. The fourth-order valence-corrected chi connectivity index (χ4v) is 4.05. The van der Waals surface area contributed by atoms with Crippen molar-refractivity contribution in [1.82, 2.24) is 5.43 Å². The quantitative estimate of drug-likeness (QED) is 0.129. The van der Waals surface area contributed by atoms with Crippen LogP contribution in [0.5, 0.6) is 11.5 Å². The fraction of sp³-hybridized carbons (Fsp3) is 0.120. The first-order valence-corrected chi connectivity index (χ1v) is 12.3.